The highest BCUT2D eigenvalue weighted by Crippen LogP contribution is 2.44. The van der Waals surface area contributed by atoms with Gasteiger partial charge in [-0.1, -0.05) is 25.3 Å². The smallest absolute Gasteiger partial charge is 0.129 e. The van der Waals surface area contributed by atoms with Crippen molar-refractivity contribution in [3.05, 3.63) is 22.8 Å². The minimum absolute atomic E-state index is 0.681. The van der Waals surface area contributed by atoms with Gasteiger partial charge >= 0.3 is 0 Å². The highest BCUT2D eigenvalue weighted by Gasteiger charge is 2.35. The third-order valence-corrected chi connectivity index (χ3v) is 5.20. The van der Waals surface area contributed by atoms with E-state index in [2.05, 4.69) is 37.9 Å². The van der Waals surface area contributed by atoms with Crippen molar-refractivity contribution in [2.45, 2.75) is 44.9 Å². The Hall–Kier alpha value is -0.570. The van der Waals surface area contributed by atoms with E-state index in [0.29, 0.717) is 5.41 Å². The van der Waals surface area contributed by atoms with Gasteiger partial charge in [0.2, 0.25) is 0 Å². The summed E-state index contributed by atoms with van der Waals surface area (Å²) in [4.78, 5) is 7.02. The van der Waals surface area contributed by atoms with Gasteiger partial charge in [-0.05, 0) is 59.2 Å². The van der Waals surface area contributed by atoms with Crippen LogP contribution >= 0.6 is 15.9 Å². The summed E-state index contributed by atoms with van der Waals surface area (Å²) in [5, 5.41) is 0. The zero-order chi connectivity index (χ0) is 12.4. The summed E-state index contributed by atoms with van der Waals surface area (Å²) in [6, 6.07) is 6.21. The molecular formula is C15H21BrN2. The van der Waals surface area contributed by atoms with E-state index < -0.39 is 0 Å². The molecule has 0 aromatic carbocycles. The van der Waals surface area contributed by atoms with Crippen LogP contribution in [-0.4, -0.2) is 18.1 Å². The fourth-order valence-corrected chi connectivity index (χ4v) is 3.92. The lowest BCUT2D eigenvalue weighted by Crippen LogP contribution is -2.41. The summed E-state index contributed by atoms with van der Waals surface area (Å²) in [5.41, 5.74) is 0.681. The van der Waals surface area contributed by atoms with Crippen molar-refractivity contribution in [2.24, 2.45) is 5.41 Å². The number of nitrogens with zero attached hydrogens (tertiary/aromatic N) is 2. The van der Waals surface area contributed by atoms with E-state index in [9.17, 15) is 0 Å². The van der Waals surface area contributed by atoms with Gasteiger partial charge in [-0.3, -0.25) is 0 Å². The molecule has 1 spiro atoms. The normalized spacial score (nSPS) is 23.3. The van der Waals surface area contributed by atoms with E-state index in [1.54, 1.807) is 0 Å². The molecule has 0 radical (unpaired) electrons. The van der Waals surface area contributed by atoms with Crippen LogP contribution in [0.1, 0.15) is 44.9 Å². The summed E-state index contributed by atoms with van der Waals surface area (Å²) < 4.78 is 0.943. The minimum atomic E-state index is 0.681. The average Bonchev–Trinajstić information content (AvgIpc) is 2.40. The van der Waals surface area contributed by atoms with Gasteiger partial charge in [0.15, 0.2) is 0 Å². The van der Waals surface area contributed by atoms with E-state index in [0.717, 1.165) is 10.4 Å². The summed E-state index contributed by atoms with van der Waals surface area (Å²) >= 11 is 3.46. The average molecular weight is 309 g/mol. The van der Waals surface area contributed by atoms with E-state index in [1.165, 1.54) is 58.0 Å². The largest absolute Gasteiger partial charge is 0.357 e. The van der Waals surface area contributed by atoms with Crippen LogP contribution in [0.25, 0.3) is 0 Å². The molecule has 3 heteroatoms. The SMILES string of the molecule is Brc1cccc(N2CCC3(CCCCC3)CC2)n1. The van der Waals surface area contributed by atoms with Gasteiger partial charge in [-0.2, -0.15) is 0 Å². The lowest BCUT2D eigenvalue weighted by molar-refractivity contribution is 0.144. The van der Waals surface area contributed by atoms with Gasteiger partial charge in [0.05, 0.1) is 0 Å². The van der Waals surface area contributed by atoms with Crippen molar-refractivity contribution in [3.8, 4) is 0 Å². The first-order chi connectivity index (χ1) is 8.77. The number of halogens is 1. The highest BCUT2D eigenvalue weighted by molar-refractivity contribution is 9.10. The van der Waals surface area contributed by atoms with Gasteiger partial charge in [0.25, 0.3) is 0 Å². The number of rotatable bonds is 1. The number of hydrogen-bond acceptors (Lipinski definition) is 2. The molecular weight excluding hydrogens is 288 g/mol. The highest BCUT2D eigenvalue weighted by atomic mass is 79.9. The number of hydrogen-bond donors (Lipinski definition) is 0. The molecule has 2 aliphatic rings. The fourth-order valence-electron chi connectivity index (χ4n) is 3.59. The number of anilines is 1. The quantitative estimate of drug-likeness (QED) is 0.715. The van der Waals surface area contributed by atoms with Crippen molar-refractivity contribution in [2.75, 3.05) is 18.0 Å². The maximum atomic E-state index is 4.57. The van der Waals surface area contributed by atoms with Crippen molar-refractivity contribution in [1.82, 2.24) is 4.98 Å². The topological polar surface area (TPSA) is 16.1 Å². The second kappa shape index (κ2) is 5.20. The van der Waals surface area contributed by atoms with Gasteiger partial charge in [-0.25, -0.2) is 4.98 Å². The monoisotopic (exact) mass is 308 g/mol. The Morgan fingerprint density at radius 3 is 2.39 bits per heavy atom. The Morgan fingerprint density at radius 2 is 1.72 bits per heavy atom. The van der Waals surface area contributed by atoms with Crippen LogP contribution in [0.15, 0.2) is 22.8 Å². The van der Waals surface area contributed by atoms with E-state index >= 15 is 0 Å². The molecule has 2 fully saturated rings. The Labute approximate surface area is 118 Å². The molecule has 0 atom stereocenters. The van der Waals surface area contributed by atoms with Crippen LogP contribution in [0.5, 0.6) is 0 Å². The first-order valence-corrected chi connectivity index (χ1v) is 7.94. The Bertz CT molecular complexity index is 403. The maximum absolute atomic E-state index is 4.57. The third-order valence-electron chi connectivity index (χ3n) is 4.76. The van der Waals surface area contributed by atoms with Crippen LogP contribution in [-0.2, 0) is 0 Å². The van der Waals surface area contributed by atoms with Gasteiger partial charge in [-0.15, -0.1) is 0 Å². The Morgan fingerprint density at radius 1 is 1.00 bits per heavy atom. The molecule has 0 bridgehead atoms. The first kappa shape index (κ1) is 12.5. The fraction of sp³-hybridized carbons (Fsp3) is 0.667. The van der Waals surface area contributed by atoms with E-state index in [1.807, 2.05) is 6.07 Å². The summed E-state index contributed by atoms with van der Waals surface area (Å²) in [5.74, 6) is 1.13. The molecule has 98 valence electrons. The number of piperidine rings is 1. The Kier molecular flexibility index (Phi) is 3.60. The second-order valence-corrected chi connectivity index (χ2v) is 6.68. The standard InChI is InChI=1S/C15H21BrN2/c16-13-5-4-6-14(17-13)18-11-9-15(10-12-18)7-2-1-3-8-15/h4-6H,1-3,7-12H2. The number of pyridine rings is 1. The van der Waals surface area contributed by atoms with Crippen molar-refractivity contribution in [3.63, 3.8) is 0 Å². The minimum Gasteiger partial charge on any atom is -0.357 e. The molecule has 18 heavy (non-hydrogen) atoms. The van der Waals surface area contributed by atoms with Crippen molar-refractivity contribution >= 4 is 21.7 Å². The van der Waals surface area contributed by atoms with Crippen LogP contribution < -0.4 is 4.90 Å². The molecule has 2 heterocycles. The van der Waals surface area contributed by atoms with Gasteiger partial charge in [0, 0.05) is 13.1 Å². The molecule has 1 aliphatic heterocycles. The maximum Gasteiger partial charge on any atom is 0.129 e. The summed E-state index contributed by atoms with van der Waals surface area (Å²) in [6.07, 6.45) is 10.0. The first-order valence-electron chi connectivity index (χ1n) is 7.15. The molecule has 1 aromatic heterocycles. The zero-order valence-electron chi connectivity index (χ0n) is 10.9. The predicted octanol–water partition coefficient (Wildman–Crippen LogP) is 4.39. The molecule has 3 rings (SSSR count). The van der Waals surface area contributed by atoms with Crippen LogP contribution in [0.2, 0.25) is 0 Å². The lowest BCUT2D eigenvalue weighted by Gasteiger charge is -2.44. The van der Waals surface area contributed by atoms with E-state index in [-0.39, 0.29) is 0 Å². The second-order valence-electron chi connectivity index (χ2n) is 5.87. The summed E-state index contributed by atoms with van der Waals surface area (Å²) in [7, 11) is 0. The van der Waals surface area contributed by atoms with Crippen LogP contribution in [0, 0.1) is 5.41 Å². The third kappa shape index (κ3) is 2.56. The van der Waals surface area contributed by atoms with Gasteiger partial charge in [0.1, 0.15) is 10.4 Å². The van der Waals surface area contributed by atoms with Crippen molar-refractivity contribution in [1.29, 1.82) is 0 Å². The zero-order valence-corrected chi connectivity index (χ0v) is 12.5. The lowest BCUT2D eigenvalue weighted by atomic mass is 9.68. The van der Waals surface area contributed by atoms with Gasteiger partial charge < -0.3 is 4.90 Å². The molecule has 1 saturated heterocycles. The summed E-state index contributed by atoms with van der Waals surface area (Å²) in [6.45, 7) is 2.37. The molecule has 0 N–H and O–H groups in total. The van der Waals surface area contributed by atoms with Crippen LogP contribution in [0.4, 0.5) is 5.82 Å². The molecule has 0 unspecified atom stereocenters. The Balaban J connectivity index is 1.66. The van der Waals surface area contributed by atoms with Crippen molar-refractivity contribution < 1.29 is 0 Å². The molecule has 1 aromatic rings. The molecule has 1 saturated carbocycles. The van der Waals surface area contributed by atoms with Crippen LogP contribution in [0.3, 0.4) is 0 Å². The molecule has 1 aliphatic carbocycles. The van der Waals surface area contributed by atoms with E-state index in [4.69, 9.17) is 0 Å². The number of aromatic nitrogens is 1. The predicted molar refractivity (Wildman–Crippen MR) is 78.9 cm³/mol. The molecule has 2 nitrogen and oxygen atoms in total. The molecule has 0 amide bonds.